The van der Waals surface area contributed by atoms with E-state index >= 15 is 0 Å². The molecule has 3 saturated carbocycles. The number of rotatable bonds is 7. The minimum atomic E-state index is -0.0530. The molecule has 3 rings (SSSR count). The van der Waals surface area contributed by atoms with Gasteiger partial charge in [-0.15, -0.1) is 0 Å². The van der Waals surface area contributed by atoms with Crippen LogP contribution in [0.1, 0.15) is 78.1 Å². The number of hydrogen-bond donors (Lipinski definition) is 1. The molecule has 3 heteroatoms. The first-order valence-electron chi connectivity index (χ1n) is 8.63. The van der Waals surface area contributed by atoms with Gasteiger partial charge in [-0.2, -0.15) is 0 Å². The van der Waals surface area contributed by atoms with Crippen LogP contribution in [0.3, 0.4) is 0 Å². The lowest BCUT2D eigenvalue weighted by atomic mass is 9.57. The van der Waals surface area contributed by atoms with Crippen LogP contribution in [0.15, 0.2) is 0 Å². The first kappa shape index (κ1) is 15.8. The number of hydrogen-bond acceptors (Lipinski definition) is 2. The fourth-order valence-electron chi connectivity index (χ4n) is 3.88. The van der Waals surface area contributed by atoms with Gasteiger partial charge in [-0.1, -0.05) is 26.7 Å². The van der Waals surface area contributed by atoms with E-state index in [0.717, 1.165) is 77.3 Å². The van der Waals surface area contributed by atoms with Gasteiger partial charge in [0.2, 0.25) is 5.91 Å². The van der Waals surface area contributed by atoms with Crippen molar-refractivity contribution in [3.63, 3.8) is 0 Å². The molecule has 3 aliphatic carbocycles. The molecule has 0 unspecified atom stereocenters. The Bertz CT molecular complexity index is 307. The van der Waals surface area contributed by atoms with Crippen LogP contribution in [0.2, 0.25) is 0 Å². The summed E-state index contributed by atoms with van der Waals surface area (Å²) >= 11 is 0. The summed E-state index contributed by atoms with van der Waals surface area (Å²) in [6, 6.07) is 0. The Hall–Kier alpha value is -0.570. The highest BCUT2D eigenvalue weighted by Crippen LogP contribution is 2.52. The molecule has 0 aliphatic heterocycles. The summed E-state index contributed by atoms with van der Waals surface area (Å²) in [4.78, 5) is 15.2. The van der Waals surface area contributed by atoms with Crippen LogP contribution in [0, 0.1) is 5.41 Å². The normalized spacial score (nSPS) is 32.4. The zero-order valence-electron chi connectivity index (χ0n) is 13.4. The standard InChI is InChI=1S/C17H32N2O/c1-3-5-13-19(14-6-4-2)15(20)16-7-10-17(18,11-8-16)12-9-16/h3-14,18H2,1-2H3. The average Bonchev–Trinajstić information content (AvgIpc) is 2.48. The fraction of sp³-hybridized carbons (Fsp3) is 0.941. The smallest absolute Gasteiger partial charge is 0.228 e. The van der Waals surface area contributed by atoms with Crippen LogP contribution in [-0.2, 0) is 4.79 Å². The van der Waals surface area contributed by atoms with Crippen molar-refractivity contribution in [2.75, 3.05) is 13.1 Å². The second-order valence-corrected chi connectivity index (χ2v) is 7.14. The summed E-state index contributed by atoms with van der Waals surface area (Å²) < 4.78 is 0. The summed E-state index contributed by atoms with van der Waals surface area (Å²) in [7, 11) is 0. The topological polar surface area (TPSA) is 46.3 Å². The second-order valence-electron chi connectivity index (χ2n) is 7.14. The maximum Gasteiger partial charge on any atom is 0.228 e. The lowest BCUT2D eigenvalue weighted by molar-refractivity contribution is -0.149. The highest BCUT2D eigenvalue weighted by Gasteiger charge is 2.51. The molecule has 2 bridgehead atoms. The van der Waals surface area contributed by atoms with E-state index in [9.17, 15) is 4.79 Å². The van der Waals surface area contributed by atoms with Crippen LogP contribution in [0.4, 0.5) is 0 Å². The number of amides is 1. The van der Waals surface area contributed by atoms with Crippen LogP contribution in [0.5, 0.6) is 0 Å². The first-order valence-corrected chi connectivity index (χ1v) is 8.63. The number of unbranched alkanes of at least 4 members (excludes halogenated alkanes) is 2. The van der Waals surface area contributed by atoms with Crippen LogP contribution >= 0.6 is 0 Å². The Morgan fingerprint density at radius 2 is 1.40 bits per heavy atom. The molecule has 0 aromatic rings. The van der Waals surface area contributed by atoms with Crippen LogP contribution in [0.25, 0.3) is 0 Å². The Kier molecular flexibility index (Phi) is 5.11. The summed E-state index contributed by atoms with van der Waals surface area (Å²) in [5.74, 6) is 0.446. The predicted molar refractivity (Wildman–Crippen MR) is 83.4 cm³/mol. The zero-order valence-corrected chi connectivity index (χ0v) is 13.4. The molecule has 0 heterocycles. The van der Waals surface area contributed by atoms with Gasteiger partial charge in [0.1, 0.15) is 0 Å². The van der Waals surface area contributed by atoms with Crippen molar-refractivity contribution >= 4 is 5.91 Å². The molecule has 1 amide bonds. The summed E-state index contributed by atoms with van der Waals surface area (Å²) in [6.07, 6.45) is 10.8. The molecule has 0 aromatic heterocycles. The number of carbonyl (C=O) groups excluding carboxylic acids is 1. The molecule has 0 aromatic carbocycles. The number of carbonyl (C=O) groups is 1. The highest BCUT2D eigenvalue weighted by molar-refractivity contribution is 5.83. The Morgan fingerprint density at radius 1 is 0.950 bits per heavy atom. The lowest BCUT2D eigenvalue weighted by Crippen LogP contribution is -2.57. The van der Waals surface area contributed by atoms with Gasteiger partial charge in [0.15, 0.2) is 0 Å². The molecule has 2 N–H and O–H groups in total. The maximum absolute atomic E-state index is 13.1. The third kappa shape index (κ3) is 3.19. The molecule has 20 heavy (non-hydrogen) atoms. The van der Waals surface area contributed by atoms with Gasteiger partial charge in [-0.3, -0.25) is 4.79 Å². The second kappa shape index (κ2) is 6.46. The maximum atomic E-state index is 13.1. The Labute approximate surface area is 124 Å². The number of nitrogens with two attached hydrogens (primary N) is 1. The monoisotopic (exact) mass is 280 g/mol. The first-order chi connectivity index (χ1) is 9.55. The van der Waals surface area contributed by atoms with Crippen molar-refractivity contribution in [1.82, 2.24) is 4.90 Å². The lowest BCUT2D eigenvalue weighted by Gasteiger charge is -2.52. The molecular formula is C17H32N2O. The van der Waals surface area contributed by atoms with E-state index in [4.69, 9.17) is 5.73 Å². The quantitative estimate of drug-likeness (QED) is 0.776. The molecule has 0 spiro atoms. The van der Waals surface area contributed by atoms with Crippen molar-refractivity contribution in [3.05, 3.63) is 0 Å². The van der Waals surface area contributed by atoms with Gasteiger partial charge in [0.05, 0.1) is 0 Å². The van der Waals surface area contributed by atoms with E-state index in [1.165, 1.54) is 0 Å². The summed E-state index contributed by atoms with van der Waals surface area (Å²) in [6.45, 7) is 6.30. The van der Waals surface area contributed by atoms with Crippen molar-refractivity contribution < 1.29 is 4.79 Å². The van der Waals surface area contributed by atoms with E-state index in [2.05, 4.69) is 18.7 Å². The van der Waals surface area contributed by atoms with E-state index in [1.807, 2.05) is 0 Å². The minimum Gasteiger partial charge on any atom is -0.342 e. The number of nitrogens with zero attached hydrogens (tertiary/aromatic N) is 1. The van der Waals surface area contributed by atoms with Crippen molar-refractivity contribution in [2.45, 2.75) is 83.6 Å². The van der Waals surface area contributed by atoms with Crippen molar-refractivity contribution in [1.29, 1.82) is 0 Å². The van der Waals surface area contributed by atoms with Crippen LogP contribution in [-0.4, -0.2) is 29.4 Å². The third-order valence-corrected chi connectivity index (χ3v) is 5.61. The van der Waals surface area contributed by atoms with Gasteiger partial charge in [0.25, 0.3) is 0 Å². The SMILES string of the molecule is CCCCN(CCCC)C(=O)C12CCC(N)(CC1)CC2. The van der Waals surface area contributed by atoms with E-state index in [1.54, 1.807) is 0 Å². The Morgan fingerprint density at radius 3 is 1.80 bits per heavy atom. The van der Waals surface area contributed by atoms with Gasteiger partial charge in [-0.25, -0.2) is 0 Å². The van der Waals surface area contributed by atoms with Gasteiger partial charge >= 0.3 is 0 Å². The Balaban J connectivity index is 2.02. The zero-order chi connectivity index (χ0) is 14.6. The fourth-order valence-corrected chi connectivity index (χ4v) is 3.88. The van der Waals surface area contributed by atoms with E-state index < -0.39 is 0 Å². The molecule has 3 aliphatic rings. The van der Waals surface area contributed by atoms with E-state index in [0.29, 0.717) is 5.91 Å². The van der Waals surface area contributed by atoms with Crippen LogP contribution < -0.4 is 5.73 Å². The highest BCUT2D eigenvalue weighted by atomic mass is 16.2. The van der Waals surface area contributed by atoms with E-state index in [-0.39, 0.29) is 11.0 Å². The van der Waals surface area contributed by atoms with Gasteiger partial charge in [0, 0.05) is 24.0 Å². The summed E-state index contributed by atoms with van der Waals surface area (Å²) in [5, 5.41) is 0. The largest absolute Gasteiger partial charge is 0.342 e. The number of fused-ring (bicyclic) bond motifs is 3. The molecule has 0 saturated heterocycles. The van der Waals surface area contributed by atoms with Gasteiger partial charge in [-0.05, 0) is 51.4 Å². The molecule has 0 radical (unpaired) electrons. The minimum absolute atomic E-state index is 0.0530. The average molecular weight is 280 g/mol. The molecule has 3 nitrogen and oxygen atoms in total. The third-order valence-electron chi connectivity index (χ3n) is 5.61. The predicted octanol–water partition coefficient (Wildman–Crippen LogP) is 3.47. The van der Waals surface area contributed by atoms with Gasteiger partial charge < -0.3 is 10.6 Å². The summed E-state index contributed by atoms with van der Waals surface area (Å²) in [5.41, 5.74) is 6.37. The molecule has 116 valence electrons. The molecular weight excluding hydrogens is 248 g/mol. The van der Waals surface area contributed by atoms with Crippen molar-refractivity contribution in [3.8, 4) is 0 Å². The van der Waals surface area contributed by atoms with Crippen molar-refractivity contribution in [2.24, 2.45) is 11.1 Å². The molecule has 0 atom stereocenters. The molecule has 3 fully saturated rings.